The monoisotopic (exact) mass is 239 g/mol. The van der Waals surface area contributed by atoms with E-state index >= 15 is 0 Å². The fourth-order valence-corrected chi connectivity index (χ4v) is 2.40. The molecule has 0 amide bonds. The molecule has 1 heterocycles. The summed E-state index contributed by atoms with van der Waals surface area (Å²) in [6.07, 6.45) is -0.145. The molecular weight excluding hydrogens is 221 g/mol. The minimum atomic E-state index is -3.97. The molecule has 2 unspecified atom stereocenters. The third-order valence-corrected chi connectivity index (χ3v) is 3.34. The Bertz CT molecular complexity index is 243. The van der Waals surface area contributed by atoms with Crippen LogP contribution in [0.5, 0.6) is 0 Å². The molecule has 1 saturated heterocycles. The summed E-state index contributed by atoms with van der Waals surface area (Å²) in [5.41, 5.74) is 0. The van der Waals surface area contributed by atoms with Gasteiger partial charge in [-0.1, -0.05) is 0 Å². The van der Waals surface area contributed by atoms with Gasteiger partial charge in [0.1, 0.15) is 0 Å². The van der Waals surface area contributed by atoms with Crippen molar-refractivity contribution in [2.24, 2.45) is 5.92 Å². The fourth-order valence-electron chi connectivity index (χ4n) is 1.86. The van der Waals surface area contributed by atoms with E-state index in [9.17, 15) is 9.67 Å². The van der Waals surface area contributed by atoms with E-state index in [2.05, 4.69) is 0 Å². The molecule has 15 heavy (non-hydrogen) atoms. The summed E-state index contributed by atoms with van der Waals surface area (Å²) < 4.78 is 10.7. The number of likely N-dealkylation sites (tertiary alicyclic amines) is 1. The summed E-state index contributed by atoms with van der Waals surface area (Å²) in [6.45, 7) is 1.28. The van der Waals surface area contributed by atoms with Gasteiger partial charge in [0.25, 0.3) is 0 Å². The Balaban J connectivity index is 2.38. The van der Waals surface area contributed by atoms with Gasteiger partial charge in [0, 0.05) is 26.2 Å². The number of hydrogen-bond acceptors (Lipinski definition) is 4. The van der Waals surface area contributed by atoms with Crippen LogP contribution in [0.2, 0.25) is 0 Å². The molecule has 90 valence electrons. The molecule has 1 aliphatic rings. The van der Waals surface area contributed by atoms with E-state index in [1.165, 1.54) is 0 Å². The highest BCUT2D eigenvalue weighted by molar-refractivity contribution is 7.51. The first-order valence-electron chi connectivity index (χ1n) is 4.96. The molecule has 6 nitrogen and oxygen atoms in total. The van der Waals surface area contributed by atoms with Gasteiger partial charge >= 0.3 is 7.60 Å². The lowest BCUT2D eigenvalue weighted by molar-refractivity contribution is 0.0235. The second-order valence-electron chi connectivity index (χ2n) is 4.09. The van der Waals surface area contributed by atoms with E-state index in [4.69, 9.17) is 14.9 Å². The number of β-amino-alcohol motifs (C(OH)–C–C–N with tert-alkyl or cyclic N) is 1. The molecule has 0 radical (unpaired) electrons. The van der Waals surface area contributed by atoms with Crippen LogP contribution in [0.4, 0.5) is 0 Å². The van der Waals surface area contributed by atoms with Gasteiger partial charge < -0.3 is 20.0 Å². The van der Waals surface area contributed by atoms with Gasteiger partial charge in [-0.05, 0) is 12.3 Å². The van der Waals surface area contributed by atoms with Crippen molar-refractivity contribution in [2.75, 3.05) is 32.4 Å². The van der Waals surface area contributed by atoms with E-state index in [1.54, 1.807) is 4.90 Å². The Hall–Kier alpha value is 0.0300. The van der Waals surface area contributed by atoms with Crippen molar-refractivity contribution in [1.29, 1.82) is 0 Å². The standard InChI is InChI=1S/C8H18NO5P/c10-6-7-3-8(11)5-9(4-7)1-2-15(12,13)14/h7-8,10-11H,1-6H2,(H2,12,13,14). The van der Waals surface area contributed by atoms with Crippen molar-refractivity contribution in [2.45, 2.75) is 12.5 Å². The Labute approximate surface area is 88.7 Å². The molecule has 0 aliphatic carbocycles. The fraction of sp³-hybridized carbons (Fsp3) is 1.00. The van der Waals surface area contributed by atoms with E-state index in [1.807, 2.05) is 0 Å². The van der Waals surface area contributed by atoms with Crippen molar-refractivity contribution in [3.63, 3.8) is 0 Å². The first-order chi connectivity index (χ1) is 6.90. The van der Waals surface area contributed by atoms with Crippen molar-refractivity contribution in [3.05, 3.63) is 0 Å². The molecule has 0 aromatic carbocycles. The number of piperidine rings is 1. The lowest BCUT2D eigenvalue weighted by Gasteiger charge is -2.34. The molecule has 1 rings (SSSR count). The van der Waals surface area contributed by atoms with Gasteiger partial charge in [0.15, 0.2) is 0 Å². The van der Waals surface area contributed by atoms with Crippen LogP contribution in [0, 0.1) is 5.92 Å². The molecule has 0 aromatic heterocycles. The van der Waals surface area contributed by atoms with Crippen LogP contribution in [-0.2, 0) is 4.57 Å². The van der Waals surface area contributed by atoms with Gasteiger partial charge in [0.2, 0.25) is 0 Å². The first kappa shape index (κ1) is 13.1. The average Bonchev–Trinajstić information content (AvgIpc) is 2.13. The molecule has 0 spiro atoms. The van der Waals surface area contributed by atoms with Crippen LogP contribution in [0.1, 0.15) is 6.42 Å². The van der Waals surface area contributed by atoms with Crippen LogP contribution < -0.4 is 0 Å². The van der Waals surface area contributed by atoms with Crippen LogP contribution in [0.25, 0.3) is 0 Å². The maximum absolute atomic E-state index is 10.7. The number of hydrogen-bond donors (Lipinski definition) is 4. The number of nitrogens with zero attached hydrogens (tertiary/aromatic N) is 1. The molecule has 2 atom stereocenters. The van der Waals surface area contributed by atoms with Crippen LogP contribution >= 0.6 is 7.60 Å². The SMILES string of the molecule is O=P(O)(O)CCN1CC(O)CC(CO)C1. The van der Waals surface area contributed by atoms with E-state index < -0.39 is 13.7 Å². The predicted molar refractivity (Wildman–Crippen MR) is 54.6 cm³/mol. The van der Waals surface area contributed by atoms with Crippen molar-refractivity contribution >= 4 is 7.60 Å². The first-order valence-corrected chi connectivity index (χ1v) is 6.76. The highest BCUT2D eigenvalue weighted by atomic mass is 31.2. The summed E-state index contributed by atoms with van der Waals surface area (Å²) in [5, 5.41) is 18.4. The lowest BCUT2D eigenvalue weighted by atomic mass is 9.97. The number of rotatable bonds is 4. The van der Waals surface area contributed by atoms with Crippen molar-refractivity contribution in [3.8, 4) is 0 Å². The summed E-state index contributed by atoms with van der Waals surface area (Å²) in [7, 11) is -3.97. The molecule has 4 N–H and O–H groups in total. The molecular formula is C8H18NO5P. The topological polar surface area (TPSA) is 101 Å². The molecule has 7 heteroatoms. The maximum atomic E-state index is 10.7. The largest absolute Gasteiger partial charge is 0.396 e. The molecule has 0 bridgehead atoms. The second kappa shape index (κ2) is 5.39. The minimum absolute atomic E-state index is 0.00344. The molecule has 0 aromatic rings. The zero-order chi connectivity index (χ0) is 11.5. The Morgan fingerprint density at radius 3 is 2.53 bits per heavy atom. The highest BCUT2D eigenvalue weighted by Gasteiger charge is 2.26. The van der Waals surface area contributed by atoms with Gasteiger partial charge in [-0.3, -0.25) is 9.46 Å². The predicted octanol–water partition coefficient (Wildman–Crippen LogP) is -1.16. The zero-order valence-corrected chi connectivity index (χ0v) is 9.38. The Kier molecular flexibility index (Phi) is 4.70. The van der Waals surface area contributed by atoms with Crippen LogP contribution in [-0.4, -0.2) is 63.4 Å². The smallest absolute Gasteiger partial charge is 0.326 e. The Morgan fingerprint density at radius 2 is 2.00 bits per heavy atom. The third-order valence-electron chi connectivity index (χ3n) is 2.56. The number of aliphatic hydroxyl groups excluding tert-OH is 2. The Morgan fingerprint density at radius 1 is 1.33 bits per heavy atom. The van der Waals surface area contributed by atoms with Crippen LogP contribution in [0.15, 0.2) is 0 Å². The summed E-state index contributed by atoms with van der Waals surface area (Å²) in [5.74, 6) is 0.00511. The maximum Gasteiger partial charge on any atom is 0.326 e. The average molecular weight is 239 g/mol. The van der Waals surface area contributed by atoms with Gasteiger partial charge in [-0.25, -0.2) is 0 Å². The van der Waals surface area contributed by atoms with E-state index in [0.717, 1.165) is 0 Å². The summed E-state index contributed by atoms with van der Waals surface area (Å²) in [4.78, 5) is 19.2. The molecule has 1 fully saturated rings. The normalized spacial score (nSPS) is 29.3. The second-order valence-corrected chi connectivity index (χ2v) is 5.86. The van der Waals surface area contributed by atoms with Gasteiger partial charge in [-0.15, -0.1) is 0 Å². The highest BCUT2D eigenvalue weighted by Crippen LogP contribution is 2.34. The van der Waals surface area contributed by atoms with E-state index in [0.29, 0.717) is 19.5 Å². The summed E-state index contributed by atoms with van der Waals surface area (Å²) in [6, 6.07) is 0. The minimum Gasteiger partial charge on any atom is -0.396 e. The quantitative estimate of drug-likeness (QED) is 0.462. The summed E-state index contributed by atoms with van der Waals surface area (Å²) >= 11 is 0. The third kappa shape index (κ3) is 5.06. The molecule has 1 aliphatic heterocycles. The van der Waals surface area contributed by atoms with Crippen molar-refractivity contribution in [1.82, 2.24) is 4.90 Å². The number of aliphatic hydroxyl groups is 2. The molecule has 0 saturated carbocycles. The van der Waals surface area contributed by atoms with Gasteiger partial charge in [0.05, 0.1) is 12.3 Å². The van der Waals surface area contributed by atoms with Crippen molar-refractivity contribution < 1.29 is 24.6 Å². The lowest BCUT2D eigenvalue weighted by Crippen LogP contribution is -2.45. The van der Waals surface area contributed by atoms with Crippen LogP contribution in [0.3, 0.4) is 0 Å². The van der Waals surface area contributed by atoms with Gasteiger partial charge in [-0.2, -0.15) is 0 Å². The zero-order valence-electron chi connectivity index (χ0n) is 8.49. The van der Waals surface area contributed by atoms with E-state index in [-0.39, 0.29) is 25.2 Å².